The Bertz CT molecular complexity index is 1720. The fourth-order valence-electron chi connectivity index (χ4n) is 9.76. The smallest absolute Gasteiger partial charge is 0.192 e. The maximum Gasteiger partial charge on any atom is 0.192 e. The Morgan fingerprint density at radius 1 is 0.330 bits per heavy atom. The second-order valence-corrected chi connectivity index (χ2v) is 31.0. The van der Waals surface area contributed by atoms with Crippen molar-refractivity contribution in [3.8, 4) is 0 Å². The Balaban J connectivity index is 0.000000181. The molecule has 0 aromatic rings. The predicted octanol–water partition coefficient (Wildman–Crippen LogP) is 9.05. The molecule has 0 N–H and O–H groups in total. The van der Waals surface area contributed by atoms with Gasteiger partial charge < -0.3 is 109 Å². The van der Waals surface area contributed by atoms with Crippen LogP contribution in [0.2, 0.25) is 19.1 Å². The standard InChI is InChI=1S/C15H26O6.C14H24O4.C12H20O2.C11H22O5Si.C10H18O4.C8H14O2/c1-2-15(9-16-3-12-6-19-12,10-17-4-13-7-20-13)11-18-5-14-8-21-14;1-2-12(6-16-8-14-10-18-14)4-3-11(1)5-15-7-13-9-17-13;1-3-13-9-11-5-7-12(8-6-11)10-14-4-2;1-17(2,4-3-12-5-10-7-14-10)16-9-13-6-11-8-15-11;1(3-11-5-9-7-13-9)2-4-12-6-10-8-14-10;1-3-9-7-5-6-8-10-4-2/h12-14H,2-11H2,1H3;11-14H,1-10H2;3-4,11-12H,1-2,5-10H2;10-11H,3-9H2,1-2H3;9-10H,1-8H2;3-4H,1-2,5-8H2. The molecule has 2 saturated carbocycles. The largest absolute Gasteiger partial charge is 0.502 e. The van der Waals surface area contributed by atoms with Crippen molar-refractivity contribution in [3.05, 3.63) is 51.4 Å². The van der Waals surface area contributed by atoms with Crippen LogP contribution < -0.4 is 0 Å². The molecule has 9 unspecified atom stereocenters. The number of hydrogen-bond acceptors (Lipinski definition) is 23. The molecule has 0 bridgehead atoms. The van der Waals surface area contributed by atoms with E-state index in [-0.39, 0.29) is 5.41 Å². The van der Waals surface area contributed by atoms with E-state index < -0.39 is 8.32 Å². The van der Waals surface area contributed by atoms with Gasteiger partial charge >= 0.3 is 0 Å². The summed E-state index contributed by atoms with van der Waals surface area (Å²) in [6.07, 6.45) is 24.3. The third-order valence-corrected chi connectivity index (χ3v) is 19.4. The average Bonchev–Trinajstić information content (AvgIpc) is 3.63. The highest BCUT2D eigenvalue weighted by Crippen LogP contribution is 2.31. The molecule has 0 amide bonds. The van der Waals surface area contributed by atoms with Crippen molar-refractivity contribution in [2.75, 3.05) is 205 Å². The van der Waals surface area contributed by atoms with E-state index in [1.54, 1.807) is 0 Å². The van der Waals surface area contributed by atoms with E-state index >= 15 is 0 Å². The zero-order chi connectivity index (χ0) is 66.4. The second kappa shape index (κ2) is 50.0. The summed E-state index contributed by atoms with van der Waals surface area (Å²) in [6.45, 7) is 44.3. The molecule has 0 spiro atoms. The van der Waals surface area contributed by atoms with Gasteiger partial charge in [0.1, 0.15) is 61.7 Å². The molecule has 11 rings (SSSR count). The number of hydrogen-bond donors (Lipinski definition) is 0. The van der Waals surface area contributed by atoms with Gasteiger partial charge in [-0.25, -0.2) is 0 Å². The minimum Gasteiger partial charge on any atom is -0.502 e. The van der Waals surface area contributed by atoms with E-state index in [0.29, 0.717) is 120 Å². The van der Waals surface area contributed by atoms with E-state index in [2.05, 4.69) is 46.3 Å². The molecule has 23 nitrogen and oxygen atoms in total. The Morgan fingerprint density at radius 2 is 0.596 bits per heavy atom. The fourth-order valence-corrected chi connectivity index (χ4v) is 10.9. The van der Waals surface area contributed by atoms with Gasteiger partial charge in [0.05, 0.1) is 190 Å². The van der Waals surface area contributed by atoms with Gasteiger partial charge in [-0.3, -0.25) is 0 Å². The van der Waals surface area contributed by atoms with Crippen molar-refractivity contribution in [2.24, 2.45) is 29.1 Å². The number of epoxide rings is 9. The van der Waals surface area contributed by atoms with Crippen LogP contribution in [0.1, 0.15) is 90.4 Å². The molecule has 9 atom stereocenters. The number of ether oxygens (including phenoxy) is 22. The molecule has 546 valence electrons. The lowest BCUT2D eigenvalue weighted by Gasteiger charge is -2.32. The summed E-state index contributed by atoms with van der Waals surface area (Å²) in [4.78, 5) is 0. The molecule has 9 saturated heterocycles. The van der Waals surface area contributed by atoms with Crippen molar-refractivity contribution in [3.63, 3.8) is 0 Å². The maximum atomic E-state index is 5.81. The lowest BCUT2D eigenvalue weighted by molar-refractivity contribution is -0.0762. The lowest BCUT2D eigenvalue weighted by Crippen LogP contribution is -2.38. The first kappa shape index (κ1) is 80.6. The Labute approximate surface area is 564 Å². The summed E-state index contributed by atoms with van der Waals surface area (Å²) in [5, 5.41) is 0. The minimum atomic E-state index is -1.64. The summed E-state index contributed by atoms with van der Waals surface area (Å²) in [7, 11) is -1.64. The minimum absolute atomic E-state index is 0.0985. The summed E-state index contributed by atoms with van der Waals surface area (Å²) < 4.78 is 122. The van der Waals surface area contributed by atoms with Crippen LogP contribution >= 0.6 is 0 Å². The maximum absolute atomic E-state index is 5.81. The van der Waals surface area contributed by atoms with Gasteiger partial charge in [0.15, 0.2) is 8.32 Å². The zero-order valence-electron chi connectivity index (χ0n) is 57.9. The monoisotopic (exact) mass is 1360 g/mol. The van der Waals surface area contributed by atoms with Gasteiger partial charge in [0.2, 0.25) is 0 Å². The predicted molar refractivity (Wildman–Crippen MR) is 355 cm³/mol. The van der Waals surface area contributed by atoms with Crippen LogP contribution in [-0.2, 0) is 109 Å². The van der Waals surface area contributed by atoms with E-state index in [9.17, 15) is 0 Å². The molecule has 0 aromatic heterocycles. The molecule has 11 fully saturated rings. The molecule has 0 aromatic carbocycles. The van der Waals surface area contributed by atoms with Crippen LogP contribution in [0.25, 0.3) is 0 Å². The Morgan fingerprint density at radius 3 is 0.894 bits per heavy atom. The summed E-state index contributed by atoms with van der Waals surface area (Å²) in [6, 6.07) is 0.989. The van der Waals surface area contributed by atoms with Crippen molar-refractivity contribution in [1.29, 1.82) is 0 Å². The molecule has 0 radical (unpaired) electrons. The SMILES string of the molecule is C(CCOCC1CO1)COCC1CO1.C1CC(COCC2CO2)CCC1COCC1CO1.C=COCC1CCC(COC=C)CC1.C=COCCCCOC=C.CCC(COCC1CO1)(COCC1CO1)COCC1CO1.C[Si](C)(CCOCC1CO1)OCOCC1CO1. The van der Waals surface area contributed by atoms with Gasteiger partial charge in [-0.2, -0.15) is 0 Å². The van der Waals surface area contributed by atoms with Gasteiger partial charge in [0.25, 0.3) is 0 Å². The molecule has 94 heavy (non-hydrogen) atoms. The molecule has 11 aliphatic rings. The highest BCUT2D eigenvalue weighted by atomic mass is 28.4. The van der Waals surface area contributed by atoms with Gasteiger partial charge in [-0.15, -0.1) is 0 Å². The van der Waals surface area contributed by atoms with E-state index in [0.717, 1.165) is 202 Å². The first-order valence-electron chi connectivity index (χ1n) is 35.4. The molecular formula is C70H124O23Si. The summed E-state index contributed by atoms with van der Waals surface area (Å²) in [5.74, 6) is 2.94. The van der Waals surface area contributed by atoms with E-state index in [4.69, 9.17) is 109 Å². The fraction of sp³-hybridized carbons (Fsp3) is 0.886. The number of unbranched alkanes of at least 4 members (excludes halogenated alkanes) is 2. The molecular weight excluding hydrogens is 1240 g/mol. The normalized spacial score (nSPS) is 28.8. The third-order valence-electron chi connectivity index (χ3n) is 17.1. The summed E-state index contributed by atoms with van der Waals surface area (Å²) in [5.41, 5.74) is -0.0985. The average molecular weight is 1360 g/mol. The van der Waals surface area contributed by atoms with Crippen molar-refractivity contribution >= 4 is 8.32 Å². The van der Waals surface area contributed by atoms with Crippen LogP contribution in [0.4, 0.5) is 0 Å². The molecule has 9 aliphatic heterocycles. The topological polar surface area (TPSA) is 242 Å². The molecule has 9 heterocycles. The van der Waals surface area contributed by atoms with Crippen LogP contribution in [-0.4, -0.2) is 268 Å². The van der Waals surface area contributed by atoms with Gasteiger partial charge in [-0.1, -0.05) is 33.2 Å². The second-order valence-electron chi connectivity index (χ2n) is 26.7. The van der Waals surface area contributed by atoms with Crippen LogP contribution in [0.3, 0.4) is 0 Å². The van der Waals surface area contributed by atoms with Crippen molar-refractivity contribution in [1.82, 2.24) is 0 Å². The zero-order valence-corrected chi connectivity index (χ0v) is 58.9. The highest BCUT2D eigenvalue weighted by molar-refractivity contribution is 6.71. The Kier molecular flexibility index (Phi) is 42.9. The first-order chi connectivity index (χ1) is 46.1. The lowest BCUT2D eigenvalue weighted by atomic mass is 9.83. The number of rotatable bonds is 53. The van der Waals surface area contributed by atoms with Crippen LogP contribution in [0, 0.1) is 29.1 Å². The van der Waals surface area contributed by atoms with Gasteiger partial charge in [-0.05, 0) is 126 Å². The third kappa shape index (κ3) is 46.8. The Hall–Kier alpha value is -2.38. The quantitative estimate of drug-likeness (QED) is 0.0181. The van der Waals surface area contributed by atoms with E-state index in [1.807, 2.05) is 0 Å². The van der Waals surface area contributed by atoms with Crippen molar-refractivity contribution < 1.29 is 109 Å². The summed E-state index contributed by atoms with van der Waals surface area (Å²) >= 11 is 0. The van der Waals surface area contributed by atoms with E-state index in [1.165, 1.54) is 76.4 Å². The van der Waals surface area contributed by atoms with Gasteiger partial charge in [0, 0.05) is 38.4 Å². The molecule has 24 heteroatoms. The first-order valence-corrected chi connectivity index (χ1v) is 38.5. The van der Waals surface area contributed by atoms with Crippen molar-refractivity contribution in [2.45, 2.75) is 164 Å². The highest BCUT2D eigenvalue weighted by Gasteiger charge is 2.35. The van der Waals surface area contributed by atoms with Crippen LogP contribution in [0.5, 0.6) is 0 Å². The van der Waals surface area contributed by atoms with Crippen LogP contribution in [0.15, 0.2) is 51.4 Å². The molecule has 2 aliphatic carbocycles.